The molecule has 0 unspecified atom stereocenters. The van der Waals surface area contributed by atoms with Gasteiger partial charge in [0.2, 0.25) is 0 Å². The van der Waals surface area contributed by atoms with Gasteiger partial charge in [-0.15, -0.1) is 0 Å². The van der Waals surface area contributed by atoms with Crippen LogP contribution in [0.3, 0.4) is 0 Å². The Morgan fingerprint density at radius 2 is 1.59 bits per heavy atom. The van der Waals surface area contributed by atoms with Crippen molar-refractivity contribution in [3.05, 3.63) is 91.5 Å². The molecule has 0 atom stereocenters. The van der Waals surface area contributed by atoms with Crippen LogP contribution in [0.4, 0.5) is 11.4 Å². The Hall–Kier alpha value is -3.81. The molecular formula is C21H20N2O6. The molecule has 2 rings (SSSR count). The van der Waals surface area contributed by atoms with E-state index in [-0.39, 0.29) is 23.6 Å². The second kappa shape index (κ2) is 10.5. The molecule has 0 saturated carbocycles. The fraction of sp³-hybridized carbons (Fsp3) is 0.190. The zero-order valence-corrected chi connectivity index (χ0v) is 15.8. The Balaban J connectivity index is 2.35. The number of hydrogen-bond donors (Lipinski definition) is 0. The van der Waals surface area contributed by atoms with Crippen molar-refractivity contribution in [3.8, 4) is 0 Å². The van der Waals surface area contributed by atoms with E-state index in [1.165, 1.54) is 42.5 Å². The molecule has 8 nitrogen and oxygen atoms in total. The van der Waals surface area contributed by atoms with Crippen LogP contribution in [0.25, 0.3) is 12.2 Å². The van der Waals surface area contributed by atoms with E-state index in [0.29, 0.717) is 17.5 Å². The molecule has 0 amide bonds. The standard InChI is InChI=1S/C21H20N2O6/c1-2-3-12-29-21(24)18(13-17-7-5-9-20(15-17)23(27)28)11-10-16-6-4-8-19(14-16)22(25)26/h4-11,13-15H,2-3,12H2,1H3/b11-10+,18-13+. The van der Waals surface area contributed by atoms with Crippen molar-refractivity contribution < 1.29 is 19.4 Å². The SMILES string of the molecule is CCCCOC(=O)C(/C=C/c1cccc([N+](=O)[O-])c1)=C/c1cccc([N+](=O)[O-])c1. The fourth-order valence-electron chi connectivity index (χ4n) is 2.40. The van der Waals surface area contributed by atoms with Gasteiger partial charge in [0.15, 0.2) is 0 Å². The minimum absolute atomic E-state index is 0.0677. The smallest absolute Gasteiger partial charge is 0.338 e. The summed E-state index contributed by atoms with van der Waals surface area (Å²) in [7, 11) is 0. The van der Waals surface area contributed by atoms with E-state index in [4.69, 9.17) is 4.74 Å². The molecule has 8 heteroatoms. The highest BCUT2D eigenvalue weighted by Crippen LogP contribution is 2.19. The summed E-state index contributed by atoms with van der Waals surface area (Å²) >= 11 is 0. The van der Waals surface area contributed by atoms with Gasteiger partial charge in [-0.1, -0.05) is 43.7 Å². The van der Waals surface area contributed by atoms with Gasteiger partial charge in [0.05, 0.1) is 22.0 Å². The molecule has 2 aromatic carbocycles. The van der Waals surface area contributed by atoms with Gasteiger partial charge in [-0.05, 0) is 29.7 Å². The predicted octanol–water partition coefficient (Wildman–Crippen LogP) is 4.94. The number of benzene rings is 2. The highest BCUT2D eigenvalue weighted by Gasteiger charge is 2.11. The second-order valence-electron chi connectivity index (χ2n) is 6.13. The van der Waals surface area contributed by atoms with Crippen molar-refractivity contribution in [2.24, 2.45) is 0 Å². The number of carbonyl (C=O) groups is 1. The van der Waals surface area contributed by atoms with Crippen LogP contribution in [0.2, 0.25) is 0 Å². The molecule has 0 aliphatic heterocycles. The van der Waals surface area contributed by atoms with Crippen LogP contribution in [0, 0.1) is 20.2 Å². The molecule has 150 valence electrons. The molecule has 0 bridgehead atoms. The molecular weight excluding hydrogens is 376 g/mol. The third kappa shape index (κ3) is 6.69. The number of nitro groups is 2. The highest BCUT2D eigenvalue weighted by atomic mass is 16.6. The molecule has 0 N–H and O–H groups in total. The van der Waals surface area contributed by atoms with E-state index in [2.05, 4.69) is 0 Å². The first-order valence-electron chi connectivity index (χ1n) is 8.96. The molecule has 0 spiro atoms. The molecule has 0 radical (unpaired) electrons. The second-order valence-corrected chi connectivity index (χ2v) is 6.13. The van der Waals surface area contributed by atoms with Crippen LogP contribution in [-0.4, -0.2) is 22.4 Å². The molecule has 0 saturated heterocycles. The van der Waals surface area contributed by atoms with Gasteiger partial charge in [-0.3, -0.25) is 20.2 Å². The lowest BCUT2D eigenvalue weighted by atomic mass is 10.1. The van der Waals surface area contributed by atoms with Gasteiger partial charge in [0.25, 0.3) is 11.4 Å². The van der Waals surface area contributed by atoms with Crippen LogP contribution in [0.15, 0.2) is 60.2 Å². The zero-order chi connectivity index (χ0) is 21.2. The van der Waals surface area contributed by atoms with Gasteiger partial charge in [-0.25, -0.2) is 4.79 Å². The summed E-state index contributed by atoms with van der Waals surface area (Å²) in [6.07, 6.45) is 6.09. The number of non-ortho nitro benzene ring substituents is 2. The Morgan fingerprint density at radius 3 is 2.17 bits per heavy atom. The molecule has 0 heterocycles. The molecule has 0 aliphatic carbocycles. The van der Waals surface area contributed by atoms with E-state index >= 15 is 0 Å². The van der Waals surface area contributed by atoms with Gasteiger partial charge in [0, 0.05) is 24.3 Å². The highest BCUT2D eigenvalue weighted by molar-refractivity contribution is 5.98. The average Bonchev–Trinajstić information content (AvgIpc) is 2.71. The topological polar surface area (TPSA) is 113 Å². The number of nitrogens with zero attached hydrogens (tertiary/aromatic N) is 2. The maximum Gasteiger partial charge on any atom is 0.338 e. The Bertz CT molecular complexity index is 965. The summed E-state index contributed by atoms with van der Waals surface area (Å²) in [4.78, 5) is 33.3. The van der Waals surface area contributed by atoms with Crippen molar-refractivity contribution in [2.45, 2.75) is 19.8 Å². The first kappa shape index (κ1) is 21.5. The van der Waals surface area contributed by atoms with E-state index in [1.54, 1.807) is 24.3 Å². The number of nitro benzene ring substituents is 2. The number of esters is 1. The van der Waals surface area contributed by atoms with E-state index in [9.17, 15) is 25.0 Å². The maximum absolute atomic E-state index is 12.5. The normalized spacial score (nSPS) is 11.4. The van der Waals surface area contributed by atoms with Crippen LogP contribution >= 0.6 is 0 Å². The lowest BCUT2D eigenvalue weighted by molar-refractivity contribution is -0.385. The average molecular weight is 396 g/mol. The zero-order valence-electron chi connectivity index (χ0n) is 15.8. The molecule has 0 fully saturated rings. The van der Waals surface area contributed by atoms with Gasteiger partial charge < -0.3 is 4.74 Å². The molecule has 29 heavy (non-hydrogen) atoms. The first-order chi connectivity index (χ1) is 13.9. The lowest BCUT2D eigenvalue weighted by Crippen LogP contribution is -2.07. The third-order valence-corrected chi connectivity index (χ3v) is 3.91. The minimum Gasteiger partial charge on any atom is -0.462 e. The van der Waals surface area contributed by atoms with E-state index in [0.717, 1.165) is 6.42 Å². The van der Waals surface area contributed by atoms with Gasteiger partial charge in [0.1, 0.15) is 0 Å². The summed E-state index contributed by atoms with van der Waals surface area (Å²) in [5, 5.41) is 21.9. The third-order valence-electron chi connectivity index (χ3n) is 3.91. The Labute approximate surface area is 167 Å². The summed E-state index contributed by atoms with van der Waals surface area (Å²) < 4.78 is 5.24. The number of ether oxygens (including phenoxy) is 1. The number of carbonyl (C=O) groups excluding carboxylic acids is 1. The van der Waals surface area contributed by atoms with Crippen molar-refractivity contribution in [1.29, 1.82) is 0 Å². The summed E-state index contributed by atoms with van der Waals surface area (Å²) in [5.74, 6) is -0.577. The molecule has 0 aromatic heterocycles. The number of rotatable bonds is 9. The summed E-state index contributed by atoms with van der Waals surface area (Å²) in [6.45, 7) is 2.22. The van der Waals surface area contributed by atoms with Crippen molar-refractivity contribution >= 4 is 29.5 Å². The van der Waals surface area contributed by atoms with Crippen LogP contribution < -0.4 is 0 Å². The van der Waals surface area contributed by atoms with Crippen molar-refractivity contribution in [1.82, 2.24) is 0 Å². The maximum atomic E-state index is 12.5. The van der Waals surface area contributed by atoms with E-state index < -0.39 is 15.8 Å². The quantitative estimate of drug-likeness (QED) is 0.148. The van der Waals surface area contributed by atoms with Gasteiger partial charge >= 0.3 is 5.97 Å². The largest absolute Gasteiger partial charge is 0.462 e. The molecule has 2 aromatic rings. The van der Waals surface area contributed by atoms with E-state index in [1.807, 2.05) is 6.92 Å². The fourth-order valence-corrected chi connectivity index (χ4v) is 2.40. The summed E-state index contributed by atoms with van der Waals surface area (Å²) in [6, 6.07) is 11.8. The van der Waals surface area contributed by atoms with Gasteiger partial charge in [-0.2, -0.15) is 0 Å². The molecule has 0 aliphatic rings. The monoisotopic (exact) mass is 396 g/mol. The Kier molecular flexibility index (Phi) is 7.78. The van der Waals surface area contributed by atoms with Crippen molar-refractivity contribution in [2.75, 3.05) is 6.61 Å². The lowest BCUT2D eigenvalue weighted by Gasteiger charge is -2.05. The number of hydrogen-bond acceptors (Lipinski definition) is 6. The minimum atomic E-state index is -0.577. The first-order valence-corrected chi connectivity index (χ1v) is 8.96. The van der Waals surface area contributed by atoms with Crippen LogP contribution in [0.1, 0.15) is 30.9 Å². The van der Waals surface area contributed by atoms with Crippen LogP contribution in [-0.2, 0) is 9.53 Å². The Morgan fingerprint density at radius 1 is 1.00 bits per heavy atom. The van der Waals surface area contributed by atoms with Crippen LogP contribution in [0.5, 0.6) is 0 Å². The number of unbranched alkanes of at least 4 members (excludes halogenated alkanes) is 1. The predicted molar refractivity (Wildman–Crippen MR) is 109 cm³/mol. The summed E-state index contributed by atoms with van der Waals surface area (Å²) in [5.41, 5.74) is 1.01. The van der Waals surface area contributed by atoms with Crippen molar-refractivity contribution in [3.63, 3.8) is 0 Å².